The number of rotatable bonds is 5. The van der Waals surface area contributed by atoms with Crippen molar-refractivity contribution in [3.05, 3.63) is 39.8 Å². The van der Waals surface area contributed by atoms with E-state index in [1.54, 1.807) is 16.2 Å². The normalized spacial score (nSPS) is 21.7. The van der Waals surface area contributed by atoms with Gasteiger partial charge in [0.1, 0.15) is 0 Å². The van der Waals surface area contributed by atoms with Gasteiger partial charge in [0.05, 0.1) is 13.1 Å². The van der Waals surface area contributed by atoms with Crippen LogP contribution < -0.4 is 10.2 Å². The predicted octanol–water partition coefficient (Wildman–Crippen LogP) is 2.21. The lowest BCUT2D eigenvalue weighted by Gasteiger charge is -2.29. The lowest BCUT2D eigenvalue weighted by atomic mass is 9.90. The molecular weight excluding hydrogens is 312 g/mol. The van der Waals surface area contributed by atoms with E-state index in [4.69, 9.17) is 12.2 Å². The molecule has 0 saturated carbocycles. The fourth-order valence-electron chi connectivity index (χ4n) is 3.11. The molecule has 2 aromatic rings. The molecule has 0 spiro atoms. The number of benzene rings is 1. The van der Waals surface area contributed by atoms with Crippen molar-refractivity contribution in [2.45, 2.75) is 25.9 Å². The zero-order chi connectivity index (χ0) is 15.4. The highest BCUT2D eigenvalue weighted by Gasteiger charge is 2.23. The summed E-state index contributed by atoms with van der Waals surface area (Å²) in [4.78, 5) is 1.59. The van der Waals surface area contributed by atoms with Crippen LogP contribution in [-0.2, 0) is 13.1 Å². The largest absolute Gasteiger partial charge is 0.363 e. The van der Waals surface area contributed by atoms with Gasteiger partial charge in [-0.05, 0) is 43.0 Å². The summed E-state index contributed by atoms with van der Waals surface area (Å²) in [5.74, 6) is 0.822. The molecule has 118 valence electrons. The first-order chi connectivity index (χ1) is 10.7. The minimum atomic E-state index is 0.822. The maximum absolute atomic E-state index is 5.38. The predicted molar refractivity (Wildman–Crippen MR) is 94.1 cm³/mol. The van der Waals surface area contributed by atoms with Crippen molar-refractivity contribution in [2.24, 2.45) is 5.92 Å². The lowest BCUT2D eigenvalue weighted by Crippen LogP contribution is -3.12. The molecule has 1 fully saturated rings. The Morgan fingerprint density at radius 2 is 2.05 bits per heavy atom. The molecule has 0 radical (unpaired) electrons. The van der Waals surface area contributed by atoms with Gasteiger partial charge in [-0.3, -0.25) is 0 Å². The van der Waals surface area contributed by atoms with Crippen molar-refractivity contribution in [2.75, 3.05) is 25.5 Å². The molecule has 2 N–H and O–H groups in total. The Morgan fingerprint density at radius 1 is 1.32 bits per heavy atom. The summed E-state index contributed by atoms with van der Waals surface area (Å²) >= 11 is 6.93. The van der Waals surface area contributed by atoms with Crippen LogP contribution in [0.5, 0.6) is 0 Å². The number of likely N-dealkylation sites (tertiary alicyclic amines) is 1. The average Bonchev–Trinajstić information content (AvgIpc) is 2.90. The minimum Gasteiger partial charge on any atom is -0.363 e. The maximum atomic E-state index is 5.38. The van der Waals surface area contributed by atoms with Gasteiger partial charge in [0, 0.05) is 7.05 Å². The highest BCUT2D eigenvalue weighted by Crippen LogP contribution is 2.17. The molecule has 22 heavy (non-hydrogen) atoms. The molecule has 0 bridgehead atoms. The molecule has 0 amide bonds. The van der Waals surface area contributed by atoms with Crippen LogP contribution in [0.1, 0.15) is 18.4 Å². The van der Waals surface area contributed by atoms with E-state index in [1.165, 1.54) is 37.9 Å². The molecule has 1 aromatic carbocycles. The molecule has 1 aromatic heterocycles. The van der Waals surface area contributed by atoms with Gasteiger partial charge in [-0.1, -0.05) is 41.7 Å². The van der Waals surface area contributed by atoms with E-state index in [-0.39, 0.29) is 0 Å². The molecule has 3 rings (SSSR count). The Bertz CT molecular complexity index is 642. The zero-order valence-corrected chi connectivity index (χ0v) is 14.6. The van der Waals surface area contributed by atoms with Crippen LogP contribution in [0.4, 0.5) is 5.13 Å². The Labute approximate surface area is 140 Å². The van der Waals surface area contributed by atoms with Crippen molar-refractivity contribution in [1.82, 2.24) is 9.78 Å². The number of nitrogens with zero attached hydrogens (tertiary/aromatic N) is 2. The van der Waals surface area contributed by atoms with Crippen LogP contribution in [0.3, 0.4) is 0 Å². The number of hydrogen-bond acceptors (Lipinski definition) is 4. The summed E-state index contributed by atoms with van der Waals surface area (Å²) in [6.07, 6.45) is 3.80. The van der Waals surface area contributed by atoms with Gasteiger partial charge in [-0.2, -0.15) is 4.68 Å². The summed E-state index contributed by atoms with van der Waals surface area (Å²) < 4.78 is 2.84. The minimum absolute atomic E-state index is 0.822. The van der Waals surface area contributed by atoms with Crippen LogP contribution in [0.15, 0.2) is 30.3 Å². The van der Waals surface area contributed by atoms with Crippen LogP contribution in [-0.4, -0.2) is 29.9 Å². The van der Waals surface area contributed by atoms with Crippen LogP contribution in [0.2, 0.25) is 0 Å². The van der Waals surface area contributed by atoms with Gasteiger partial charge < -0.3 is 10.2 Å². The number of nitrogens with one attached hydrogen (secondary N) is 2. The summed E-state index contributed by atoms with van der Waals surface area (Å²) in [6, 6.07) is 10.9. The van der Waals surface area contributed by atoms with Crippen molar-refractivity contribution in [1.29, 1.82) is 0 Å². The summed E-state index contributed by atoms with van der Waals surface area (Å²) in [6.45, 7) is 3.33. The molecule has 0 unspecified atom stereocenters. The molecule has 4 nitrogen and oxygen atoms in total. The summed E-state index contributed by atoms with van der Waals surface area (Å²) in [5, 5.41) is 8.48. The van der Waals surface area contributed by atoms with E-state index >= 15 is 0 Å². The number of quaternary nitrogens is 1. The molecule has 1 saturated heterocycles. The van der Waals surface area contributed by atoms with Gasteiger partial charge >= 0.3 is 0 Å². The molecular formula is C16H23N4S2+. The topological polar surface area (TPSA) is 34.3 Å². The van der Waals surface area contributed by atoms with E-state index in [0.29, 0.717) is 0 Å². The third-order valence-electron chi connectivity index (χ3n) is 4.37. The van der Waals surface area contributed by atoms with Crippen molar-refractivity contribution in [3.63, 3.8) is 0 Å². The van der Waals surface area contributed by atoms with Gasteiger partial charge in [-0.25, -0.2) is 0 Å². The third kappa shape index (κ3) is 3.94. The van der Waals surface area contributed by atoms with E-state index in [1.807, 2.05) is 11.7 Å². The number of aromatic nitrogens is 2. The molecule has 0 atom stereocenters. The second kappa shape index (κ2) is 7.35. The third-order valence-corrected chi connectivity index (χ3v) is 5.70. The fourth-order valence-corrected chi connectivity index (χ4v) is 4.07. The van der Waals surface area contributed by atoms with E-state index in [0.717, 1.165) is 21.7 Å². The Balaban J connectivity index is 1.51. The first-order valence-corrected chi connectivity index (χ1v) is 9.10. The van der Waals surface area contributed by atoms with Gasteiger partial charge in [0.2, 0.25) is 5.13 Å². The molecule has 1 aliphatic heterocycles. The number of hydrogen-bond donors (Lipinski definition) is 2. The highest BCUT2D eigenvalue weighted by atomic mass is 32.1. The second-order valence-electron chi connectivity index (χ2n) is 5.96. The average molecular weight is 336 g/mol. The van der Waals surface area contributed by atoms with Crippen molar-refractivity contribution < 1.29 is 4.90 Å². The van der Waals surface area contributed by atoms with Crippen molar-refractivity contribution in [3.8, 4) is 0 Å². The Hall–Kier alpha value is -1.24. The molecule has 0 aliphatic carbocycles. The van der Waals surface area contributed by atoms with Crippen LogP contribution in [0, 0.1) is 9.87 Å². The zero-order valence-electron chi connectivity index (χ0n) is 12.9. The number of piperidine rings is 1. The highest BCUT2D eigenvalue weighted by molar-refractivity contribution is 7.73. The lowest BCUT2D eigenvalue weighted by molar-refractivity contribution is -0.929. The standard InChI is InChI=1S/C16H22N4S2/c1-17-15-18-20(16(21)22-15)12-19-9-7-14(8-10-19)11-13-5-3-2-4-6-13/h2-6,14H,7-12H2,1H3,(H,17,18)/p+1. The SMILES string of the molecule is CNc1nn(C[NH+]2CCC(Cc3ccccc3)CC2)c(=S)s1. The Morgan fingerprint density at radius 3 is 2.68 bits per heavy atom. The fraction of sp³-hybridized carbons (Fsp3) is 0.500. The monoisotopic (exact) mass is 335 g/mol. The van der Waals surface area contributed by atoms with Crippen molar-refractivity contribution >= 4 is 28.7 Å². The van der Waals surface area contributed by atoms with E-state index < -0.39 is 0 Å². The van der Waals surface area contributed by atoms with Crippen LogP contribution in [0.25, 0.3) is 0 Å². The molecule has 1 aliphatic rings. The first-order valence-electron chi connectivity index (χ1n) is 7.88. The van der Waals surface area contributed by atoms with E-state index in [9.17, 15) is 0 Å². The quantitative estimate of drug-likeness (QED) is 0.822. The van der Waals surface area contributed by atoms with E-state index in [2.05, 4.69) is 40.7 Å². The first kappa shape index (κ1) is 15.6. The number of anilines is 1. The smallest absolute Gasteiger partial charge is 0.204 e. The molecule has 2 heterocycles. The summed E-state index contributed by atoms with van der Waals surface area (Å²) in [7, 11) is 1.89. The maximum Gasteiger partial charge on any atom is 0.204 e. The van der Waals surface area contributed by atoms with Crippen LogP contribution >= 0.6 is 23.6 Å². The molecule has 6 heteroatoms. The summed E-state index contributed by atoms with van der Waals surface area (Å²) in [5.41, 5.74) is 1.47. The van der Waals surface area contributed by atoms with Gasteiger partial charge in [-0.15, -0.1) is 5.10 Å². The second-order valence-corrected chi connectivity index (χ2v) is 7.59. The Kier molecular flexibility index (Phi) is 5.23. The van der Waals surface area contributed by atoms with Gasteiger partial charge in [0.25, 0.3) is 0 Å². The van der Waals surface area contributed by atoms with Gasteiger partial charge in [0.15, 0.2) is 10.6 Å².